The number of likely N-dealkylation sites (N-methyl/N-ethyl adjacent to an activating group) is 1. The lowest BCUT2D eigenvalue weighted by Crippen LogP contribution is -2.48. The first kappa shape index (κ1) is 13.6. The van der Waals surface area contributed by atoms with Gasteiger partial charge in [0.25, 0.3) is 5.91 Å². The Bertz CT molecular complexity index is 492. The first-order valence-corrected chi connectivity index (χ1v) is 7.93. The van der Waals surface area contributed by atoms with Gasteiger partial charge >= 0.3 is 0 Å². The molecule has 0 bridgehead atoms. The van der Waals surface area contributed by atoms with Crippen molar-refractivity contribution in [2.45, 2.75) is 45.1 Å². The van der Waals surface area contributed by atoms with Crippen LogP contribution in [0.15, 0.2) is 18.2 Å². The summed E-state index contributed by atoms with van der Waals surface area (Å²) in [6.45, 7) is 4.90. The Labute approximate surface area is 121 Å². The van der Waals surface area contributed by atoms with Gasteiger partial charge in [-0.25, -0.2) is 0 Å². The molecule has 108 valence electrons. The quantitative estimate of drug-likeness (QED) is 0.916. The topological polar surface area (TPSA) is 32.3 Å². The van der Waals surface area contributed by atoms with E-state index >= 15 is 0 Å². The number of amides is 1. The Morgan fingerprint density at radius 1 is 1.30 bits per heavy atom. The molecule has 1 atom stereocenters. The lowest BCUT2D eigenvalue weighted by atomic mass is 10.0. The SMILES string of the molecule is CCN(C(=O)c1ccc2c(c1)CCC2)C1CCCNC1. The van der Waals surface area contributed by atoms with Crippen LogP contribution >= 0.6 is 0 Å². The van der Waals surface area contributed by atoms with Gasteiger partial charge in [0.15, 0.2) is 0 Å². The molecule has 1 fully saturated rings. The minimum absolute atomic E-state index is 0.205. The molecule has 3 rings (SSSR count). The van der Waals surface area contributed by atoms with Crippen LogP contribution < -0.4 is 5.32 Å². The Morgan fingerprint density at radius 2 is 2.15 bits per heavy atom. The predicted molar refractivity (Wildman–Crippen MR) is 81.1 cm³/mol. The number of benzene rings is 1. The molecule has 1 saturated heterocycles. The van der Waals surface area contributed by atoms with E-state index < -0.39 is 0 Å². The summed E-state index contributed by atoms with van der Waals surface area (Å²) in [4.78, 5) is 14.8. The molecule has 0 saturated carbocycles. The molecule has 0 spiro atoms. The van der Waals surface area contributed by atoms with E-state index in [4.69, 9.17) is 0 Å². The van der Waals surface area contributed by atoms with E-state index in [1.807, 2.05) is 11.0 Å². The molecule has 1 N–H and O–H groups in total. The largest absolute Gasteiger partial charge is 0.335 e. The van der Waals surface area contributed by atoms with Crippen LogP contribution in [0, 0.1) is 0 Å². The Morgan fingerprint density at radius 3 is 2.90 bits per heavy atom. The van der Waals surface area contributed by atoms with Gasteiger partial charge in [0.2, 0.25) is 0 Å². The summed E-state index contributed by atoms with van der Waals surface area (Å²) in [5.41, 5.74) is 3.69. The fourth-order valence-electron chi connectivity index (χ4n) is 3.54. The van der Waals surface area contributed by atoms with Gasteiger partial charge in [0.05, 0.1) is 0 Å². The standard InChI is InChI=1S/C17H24N2O/c1-2-19(16-7-4-10-18-12-16)17(20)15-9-8-13-5-3-6-14(13)11-15/h8-9,11,16,18H,2-7,10,12H2,1H3. The minimum Gasteiger partial charge on any atom is -0.335 e. The zero-order valence-electron chi connectivity index (χ0n) is 12.3. The van der Waals surface area contributed by atoms with E-state index in [2.05, 4.69) is 24.4 Å². The smallest absolute Gasteiger partial charge is 0.254 e. The number of nitrogens with zero attached hydrogens (tertiary/aromatic N) is 1. The number of nitrogens with one attached hydrogen (secondary N) is 1. The van der Waals surface area contributed by atoms with Crippen LogP contribution in [0.3, 0.4) is 0 Å². The first-order valence-electron chi connectivity index (χ1n) is 7.93. The van der Waals surface area contributed by atoms with Crippen LogP contribution in [0.25, 0.3) is 0 Å². The molecule has 1 aliphatic heterocycles. The maximum absolute atomic E-state index is 12.8. The average molecular weight is 272 g/mol. The summed E-state index contributed by atoms with van der Waals surface area (Å²) in [6, 6.07) is 6.66. The van der Waals surface area contributed by atoms with Gasteiger partial charge in [-0.05, 0) is 68.8 Å². The van der Waals surface area contributed by atoms with Crippen molar-refractivity contribution in [3.63, 3.8) is 0 Å². The summed E-state index contributed by atoms with van der Waals surface area (Å²) in [6.07, 6.45) is 5.83. The minimum atomic E-state index is 0.205. The summed E-state index contributed by atoms with van der Waals surface area (Å²) >= 11 is 0. The second kappa shape index (κ2) is 5.96. The third-order valence-electron chi connectivity index (χ3n) is 4.66. The summed E-state index contributed by atoms with van der Waals surface area (Å²) in [7, 11) is 0. The maximum atomic E-state index is 12.8. The van der Waals surface area contributed by atoms with Crippen molar-refractivity contribution >= 4 is 5.91 Å². The first-order chi connectivity index (χ1) is 9.79. The molecule has 20 heavy (non-hydrogen) atoms. The summed E-state index contributed by atoms with van der Waals surface area (Å²) < 4.78 is 0. The van der Waals surface area contributed by atoms with Crippen molar-refractivity contribution in [2.24, 2.45) is 0 Å². The Balaban J connectivity index is 1.79. The summed E-state index contributed by atoms with van der Waals surface area (Å²) in [5, 5.41) is 3.40. The lowest BCUT2D eigenvalue weighted by molar-refractivity contribution is 0.0662. The zero-order chi connectivity index (χ0) is 13.9. The van der Waals surface area contributed by atoms with Crippen LogP contribution in [0.4, 0.5) is 0 Å². The monoisotopic (exact) mass is 272 g/mol. The van der Waals surface area contributed by atoms with Crippen LogP contribution in [0.2, 0.25) is 0 Å². The molecule has 3 heteroatoms. The molecule has 1 aromatic rings. The van der Waals surface area contributed by atoms with Crippen LogP contribution in [-0.2, 0) is 12.8 Å². The highest BCUT2D eigenvalue weighted by atomic mass is 16.2. The Hall–Kier alpha value is -1.35. The number of piperidine rings is 1. The normalized spacial score (nSPS) is 21.6. The van der Waals surface area contributed by atoms with Gasteiger partial charge in [-0.3, -0.25) is 4.79 Å². The van der Waals surface area contributed by atoms with E-state index in [0.717, 1.165) is 38.0 Å². The van der Waals surface area contributed by atoms with Crippen LogP contribution in [-0.4, -0.2) is 36.5 Å². The van der Waals surface area contributed by atoms with Gasteiger partial charge < -0.3 is 10.2 Å². The van der Waals surface area contributed by atoms with Crippen LogP contribution in [0.5, 0.6) is 0 Å². The molecule has 1 heterocycles. The number of aryl methyl sites for hydroxylation is 2. The molecular weight excluding hydrogens is 248 g/mol. The molecule has 3 nitrogen and oxygen atoms in total. The molecule has 0 radical (unpaired) electrons. The average Bonchev–Trinajstić information content (AvgIpc) is 2.96. The van der Waals surface area contributed by atoms with Crippen molar-refractivity contribution < 1.29 is 4.79 Å². The summed E-state index contributed by atoms with van der Waals surface area (Å²) in [5.74, 6) is 0.205. The third kappa shape index (κ3) is 2.59. The predicted octanol–water partition coefficient (Wildman–Crippen LogP) is 2.39. The molecule has 1 unspecified atom stereocenters. The van der Waals surface area contributed by atoms with E-state index in [1.165, 1.54) is 30.4 Å². The van der Waals surface area contributed by atoms with Gasteiger partial charge in [0, 0.05) is 24.7 Å². The molecule has 2 aliphatic rings. The highest BCUT2D eigenvalue weighted by molar-refractivity contribution is 5.94. The van der Waals surface area contributed by atoms with Crippen molar-refractivity contribution in [2.75, 3.05) is 19.6 Å². The zero-order valence-corrected chi connectivity index (χ0v) is 12.3. The van der Waals surface area contributed by atoms with Gasteiger partial charge in [0.1, 0.15) is 0 Å². The Kier molecular flexibility index (Phi) is 4.06. The van der Waals surface area contributed by atoms with Crippen molar-refractivity contribution in [3.8, 4) is 0 Å². The molecule has 1 amide bonds. The van der Waals surface area contributed by atoms with Crippen molar-refractivity contribution in [3.05, 3.63) is 34.9 Å². The third-order valence-corrected chi connectivity index (χ3v) is 4.66. The van der Waals surface area contributed by atoms with E-state index in [0.29, 0.717) is 6.04 Å². The molecule has 1 aromatic carbocycles. The molecule has 1 aliphatic carbocycles. The maximum Gasteiger partial charge on any atom is 0.254 e. The molecular formula is C17H24N2O. The van der Waals surface area contributed by atoms with E-state index in [-0.39, 0.29) is 5.91 Å². The number of hydrogen-bond donors (Lipinski definition) is 1. The van der Waals surface area contributed by atoms with Gasteiger partial charge in [-0.2, -0.15) is 0 Å². The number of carbonyl (C=O) groups is 1. The lowest BCUT2D eigenvalue weighted by Gasteiger charge is -2.34. The van der Waals surface area contributed by atoms with Gasteiger partial charge in [-0.15, -0.1) is 0 Å². The van der Waals surface area contributed by atoms with Crippen molar-refractivity contribution in [1.82, 2.24) is 10.2 Å². The highest BCUT2D eigenvalue weighted by Crippen LogP contribution is 2.24. The molecule has 0 aromatic heterocycles. The number of carbonyl (C=O) groups excluding carboxylic acids is 1. The number of rotatable bonds is 3. The van der Waals surface area contributed by atoms with E-state index in [9.17, 15) is 4.79 Å². The second-order valence-corrected chi connectivity index (χ2v) is 5.93. The van der Waals surface area contributed by atoms with Crippen LogP contribution in [0.1, 0.15) is 47.7 Å². The number of fused-ring (bicyclic) bond motifs is 1. The second-order valence-electron chi connectivity index (χ2n) is 5.93. The van der Waals surface area contributed by atoms with E-state index in [1.54, 1.807) is 0 Å². The fraction of sp³-hybridized carbons (Fsp3) is 0.588. The highest BCUT2D eigenvalue weighted by Gasteiger charge is 2.25. The number of hydrogen-bond acceptors (Lipinski definition) is 2. The fourth-order valence-corrected chi connectivity index (χ4v) is 3.54. The van der Waals surface area contributed by atoms with Gasteiger partial charge in [-0.1, -0.05) is 6.07 Å². The van der Waals surface area contributed by atoms with Crippen molar-refractivity contribution in [1.29, 1.82) is 0 Å².